The largest absolute Gasteiger partial charge is 0.343 e. The zero-order chi connectivity index (χ0) is 23.3. The molecule has 1 saturated heterocycles. The molecule has 0 aliphatic carbocycles. The Morgan fingerprint density at radius 2 is 1.78 bits per heavy atom. The van der Waals surface area contributed by atoms with Crippen LogP contribution in [0, 0.1) is 15.9 Å². The number of sulfonamides is 1. The number of nitro groups is 1. The number of carbonyl (C=O) groups excluding carboxylic acids is 2. The lowest BCUT2D eigenvalue weighted by Gasteiger charge is -2.22. The molecule has 0 spiro atoms. The van der Waals surface area contributed by atoms with Gasteiger partial charge in [-0.05, 0) is 36.8 Å². The van der Waals surface area contributed by atoms with E-state index in [1.165, 1.54) is 39.5 Å². The van der Waals surface area contributed by atoms with Crippen molar-refractivity contribution in [2.75, 3.05) is 32.7 Å². The second-order valence-corrected chi connectivity index (χ2v) is 9.02. The van der Waals surface area contributed by atoms with Gasteiger partial charge in [-0.15, -0.1) is 0 Å². The van der Waals surface area contributed by atoms with Crippen LogP contribution in [0.3, 0.4) is 0 Å². The zero-order valence-electron chi connectivity index (χ0n) is 16.9. The van der Waals surface area contributed by atoms with Gasteiger partial charge in [-0.1, -0.05) is 6.07 Å². The van der Waals surface area contributed by atoms with Crippen molar-refractivity contribution in [2.45, 2.75) is 11.3 Å². The van der Waals surface area contributed by atoms with Crippen LogP contribution in [0.4, 0.5) is 10.1 Å². The first-order valence-electron chi connectivity index (χ1n) is 9.74. The van der Waals surface area contributed by atoms with Crippen LogP contribution in [0.2, 0.25) is 0 Å². The number of rotatable bonds is 6. The quantitative estimate of drug-likeness (QED) is 0.508. The Bertz CT molecular complexity index is 1120. The molecular formula is C20H21FN4O6S. The summed E-state index contributed by atoms with van der Waals surface area (Å²) in [5, 5.41) is 13.3. The molecule has 10 nitrogen and oxygen atoms in total. The van der Waals surface area contributed by atoms with Gasteiger partial charge in [0.1, 0.15) is 5.82 Å². The van der Waals surface area contributed by atoms with E-state index in [1.807, 2.05) is 0 Å². The second kappa shape index (κ2) is 9.83. The van der Waals surface area contributed by atoms with Crippen LogP contribution in [-0.4, -0.2) is 67.1 Å². The number of amides is 2. The predicted octanol–water partition coefficient (Wildman–Crippen LogP) is 1.39. The average Bonchev–Trinajstić information content (AvgIpc) is 3.04. The minimum atomic E-state index is -3.82. The molecule has 3 rings (SSSR count). The fourth-order valence-corrected chi connectivity index (χ4v) is 4.74. The first-order chi connectivity index (χ1) is 15.2. The maximum absolute atomic E-state index is 13.1. The highest BCUT2D eigenvalue weighted by Crippen LogP contribution is 2.18. The van der Waals surface area contributed by atoms with Crippen molar-refractivity contribution in [1.82, 2.24) is 14.5 Å². The Hall–Kier alpha value is -3.38. The van der Waals surface area contributed by atoms with Gasteiger partial charge in [0.15, 0.2) is 0 Å². The van der Waals surface area contributed by atoms with E-state index < -0.39 is 32.6 Å². The molecule has 2 aromatic rings. The number of nitro benzene ring substituents is 1. The summed E-state index contributed by atoms with van der Waals surface area (Å²) in [5.41, 5.74) is -0.182. The molecule has 170 valence electrons. The summed E-state index contributed by atoms with van der Waals surface area (Å²) in [5.74, 6) is -1.56. The Morgan fingerprint density at radius 3 is 2.47 bits per heavy atom. The monoisotopic (exact) mass is 464 g/mol. The third-order valence-corrected chi connectivity index (χ3v) is 6.89. The number of hydrogen-bond acceptors (Lipinski definition) is 6. The molecule has 0 bridgehead atoms. The van der Waals surface area contributed by atoms with Crippen molar-refractivity contribution in [1.29, 1.82) is 0 Å². The lowest BCUT2D eigenvalue weighted by atomic mass is 10.2. The number of nitrogens with one attached hydrogen (secondary N) is 1. The third-order valence-electron chi connectivity index (χ3n) is 4.98. The molecule has 1 fully saturated rings. The fourth-order valence-electron chi connectivity index (χ4n) is 3.27. The molecule has 2 aromatic carbocycles. The van der Waals surface area contributed by atoms with E-state index in [2.05, 4.69) is 5.32 Å². The molecule has 1 heterocycles. The maximum atomic E-state index is 13.1. The van der Waals surface area contributed by atoms with Gasteiger partial charge in [0.2, 0.25) is 15.9 Å². The van der Waals surface area contributed by atoms with E-state index in [0.29, 0.717) is 13.0 Å². The van der Waals surface area contributed by atoms with Crippen molar-refractivity contribution in [3.63, 3.8) is 0 Å². The van der Waals surface area contributed by atoms with E-state index in [1.54, 1.807) is 0 Å². The van der Waals surface area contributed by atoms with Gasteiger partial charge in [-0.3, -0.25) is 19.7 Å². The molecule has 1 aliphatic heterocycles. The molecule has 0 aromatic heterocycles. The minimum Gasteiger partial charge on any atom is -0.343 e. The Morgan fingerprint density at radius 1 is 1.06 bits per heavy atom. The van der Waals surface area contributed by atoms with Crippen LogP contribution in [0.5, 0.6) is 0 Å². The summed E-state index contributed by atoms with van der Waals surface area (Å²) in [6, 6.07) is 9.69. The molecule has 1 aliphatic rings. The van der Waals surface area contributed by atoms with E-state index >= 15 is 0 Å². The number of nitrogens with zero attached hydrogens (tertiary/aromatic N) is 3. The van der Waals surface area contributed by atoms with Gasteiger partial charge < -0.3 is 10.2 Å². The van der Waals surface area contributed by atoms with Crippen LogP contribution in [0.1, 0.15) is 16.8 Å². The number of hydrogen-bond donors (Lipinski definition) is 1. The molecule has 1 N–H and O–H groups in total. The Balaban J connectivity index is 1.57. The maximum Gasteiger partial charge on any atom is 0.270 e. The summed E-state index contributed by atoms with van der Waals surface area (Å²) in [4.78, 5) is 36.4. The summed E-state index contributed by atoms with van der Waals surface area (Å²) in [6.07, 6.45) is 0.394. The number of halogens is 1. The van der Waals surface area contributed by atoms with E-state index in [4.69, 9.17) is 0 Å². The fraction of sp³-hybridized carbons (Fsp3) is 0.300. The topological polar surface area (TPSA) is 130 Å². The van der Waals surface area contributed by atoms with Gasteiger partial charge in [0.05, 0.1) is 16.4 Å². The Labute approximate surface area is 183 Å². The van der Waals surface area contributed by atoms with Crippen molar-refractivity contribution >= 4 is 27.5 Å². The Kier molecular flexibility index (Phi) is 7.15. The molecule has 0 atom stereocenters. The van der Waals surface area contributed by atoms with Gasteiger partial charge in [0, 0.05) is 43.9 Å². The first kappa shape index (κ1) is 23.3. The standard InChI is InChI=1S/C20H21FN4O6S/c21-16-5-7-18(8-6-16)32(30,31)24-10-2-9-23(11-12-24)19(26)14-22-20(27)15-3-1-4-17(13-15)25(28)29/h1,3-8,13H,2,9-12,14H2,(H,22,27). The second-order valence-electron chi connectivity index (χ2n) is 7.08. The molecule has 2 amide bonds. The van der Waals surface area contributed by atoms with Gasteiger partial charge >= 0.3 is 0 Å². The van der Waals surface area contributed by atoms with Crippen LogP contribution in [0.15, 0.2) is 53.4 Å². The summed E-state index contributed by atoms with van der Waals surface area (Å²) >= 11 is 0. The number of benzene rings is 2. The molecule has 0 saturated carbocycles. The summed E-state index contributed by atoms with van der Waals surface area (Å²) in [6.45, 7) is 0.368. The van der Waals surface area contributed by atoms with Crippen molar-refractivity contribution < 1.29 is 27.3 Å². The van der Waals surface area contributed by atoms with Crippen LogP contribution in [0.25, 0.3) is 0 Å². The van der Waals surface area contributed by atoms with Gasteiger partial charge in [-0.2, -0.15) is 4.31 Å². The third kappa shape index (κ3) is 5.45. The molecule has 12 heteroatoms. The summed E-state index contributed by atoms with van der Waals surface area (Å²) in [7, 11) is -3.82. The smallest absolute Gasteiger partial charge is 0.270 e. The first-order valence-corrected chi connectivity index (χ1v) is 11.2. The summed E-state index contributed by atoms with van der Waals surface area (Å²) < 4.78 is 39.9. The van der Waals surface area contributed by atoms with Crippen molar-refractivity contribution in [3.8, 4) is 0 Å². The van der Waals surface area contributed by atoms with E-state index in [9.17, 15) is 32.5 Å². The van der Waals surface area contributed by atoms with Crippen LogP contribution < -0.4 is 5.32 Å². The predicted molar refractivity (Wildman–Crippen MR) is 112 cm³/mol. The highest BCUT2D eigenvalue weighted by molar-refractivity contribution is 7.89. The van der Waals surface area contributed by atoms with Crippen LogP contribution in [-0.2, 0) is 14.8 Å². The van der Waals surface area contributed by atoms with Crippen LogP contribution >= 0.6 is 0 Å². The SMILES string of the molecule is O=C(NCC(=O)N1CCCN(S(=O)(=O)c2ccc(F)cc2)CC1)c1cccc([N+](=O)[O-])c1. The highest BCUT2D eigenvalue weighted by Gasteiger charge is 2.28. The van der Waals surface area contributed by atoms with Gasteiger partial charge in [0.25, 0.3) is 11.6 Å². The molecule has 32 heavy (non-hydrogen) atoms. The van der Waals surface area contributed by atoms with Gasteiger partial charge in [-0.25, -0.2) is 12.8 Å². The number of non-ortho nitro benzene ring substituents is 1. The molecule has 0 unspecified atom stereocenters. The average molecular weight is 464 g/mol. The highest BCUT2D eigenvalue weighted by atomic mass is 32.2. The normalized spacial score (nSPS) is 15.1. The molecular weight excluding hydrogens is 443 g/mol. The van der Waals surface area contributed by atoms with E-state index in [0.717, 1.165) is 18.2 Å². The lowest BCUT2D eigenvalue weighted by molar-refractivity contribution is -0.384. The number of carbonyl (C=O) groups is 2. The van der Waals surface area contributed by atoms with Crippen molar-refractivity contribution in [2.24, 2.45) is 0 Å². The van der Waals surface area contributed by atoms with E-state index in [-0.39, 0.29) is 42.3 Å². The minimum absolute atomic E-state index is 0.0251. The zero-order valence-corrected chi connectivity index (χ0v) is 17.8. The van der Waals surface area contributed by atoms with Crippen molar-refractivity contribution in [3.05, 3.63) is 70.0 Å². The molecule has 0 radical (unpaired) electrons. The lowest BCUT2D eigenvalue weighted by Crippen LogP contribution is -2.42.